The lowest BCUT2D eigenvalue weighted by atomic mass is 9.83. The van der Waals surface area contributed by atoms with E-state index in [1.807, 2.05) is 19.0 Å². The fourth-order valence-corrected chi connectivity index (χ4v) is 3.63. The van der Waals surface area contributed by atoms with Gasteiger partial charge in [-0.25, -0.2) is 4.98 Å². The molecule has 0 aliphatic heterocycles. The SMILES string of the molecule is CCC1(CNC(=O)c2sc(N(C)C)nc2N)CCCC1. The standard InChI is InChI=1S/C14H24N4OS/c1-4-14(7-5-6-8-14)9-16-12(19)10-11(15)17-13(20-10)18(2)3/h4-9,15H2,1-3H3,(H,16,19). The Balaban J connectivity index is 2.01. The number of hydrogen-bond acceptors (Lipinski definition) is 5. The third kappa shape index (κ3) is 3.06. The molecule has 1 fully saturated rings. The Morgan fingerprint density at radius 3 is 2.60 bits per heavy atom. The molecule has 112 valence electrons. The van der Waals surface area contributed by atoms with Crippen LogP contribution in [0.2, 0.25) is 0 Å². The summed E-state index contributed by atoms with van der Waals surface area (Å²) in [7, 11) is 3.79. The number of rotatable bonds is 5. The summed E-state index contributed by atoms with van der Waals surface area (Å²) < 4.78 is 0. The first-order valence-corrected chi connectivity index (χ1v) is 8.01. The smallest absolute Gasteiger partial charge is 0.265 e. The quantitative estimate of drug-likeness (QED) is 0.875. The second kappa shape index (κ2) is 5.99. The van der Waals surface area contributed by atoms with Crippen LogP contribution in [-0.4, -0.2) is 31.5 Å². The van der Waals surface area contributed by atoms with E-state index in [9.17, 15) is 4.79 Å². The van der Waals surface area contributed by atoms with Crippen LogP contribution in [0, 0.1) is 5.41 Å². The number of thiazole rings is 1. The molecular formula is C14H24N4OS. The topological polar surface area (TPSA) is 71.2 Å². The van der Waals surface area contributed by atoms with Gasteiger partial charge < -0.3 is 16.0 Å². The van der Waals surface area contributed by atoms with Gasteiger partial charge in [0.15, 0.2) is 5.13 Å². The summed E-state index contributed by atoms with van der Waals surface area (Å²) in [6.45, 7) is 2.96. The van der Waals surface area contributed by atoms with E-state index in [1.54, 1.807) is 0 Å². The third-order valence-corrected chi connectivity index (χ3v) is 5.51. The summed E-state index contributed by atoms with van der Waals surface area (Å²) in [5, 5.41) is 3.82. The van der Waals surface area contributed by atoms with Crippen molar-refractivity contribution in [1.82, 2.24) is 10.3 Å². The number of hydrogen-bond donors (Lipinski definition) is 2. The number of carbonyl (C=O) groups is 1. The molecule has 1 aliphatic carbocycles. The van der Waals surface area contributed by atoms with Crippen LogP contribution in [0.1, 0.15) is 48.7 Å². The van der Waals surface area contributed by atoms with E-state index in [2.05, 4.69) is 17.2 Å². The number of anilines is 2. The summed E-state index contributed by atoms with van der Waals surface area (Å²) in [5.41, 5.74) is 6.13. The molecule has 0 atom stereocenters. The first-order chi connectivity index (χ1) is 9.47. The zero-order chi connectivity index (χ0) is 14.8. The Bertz CT molecular complexity index is 478. The molecule has 6 heteroatoms. The van der Waals surface area contributed by atoms with E-state index in [4.69, 9.17) is 5.73 Å². The van der Waals surface area contributed by atoms with Crippen molar-refractivity contribution in [3.05, 3.63) is 4.88 Å². The normalized spacial score (nSPS) is 17.1. The first-order valence-electron chi connectivity index (χ1n) is 7.19. The highest BCUT2D eigenvalue weighted by atomic mass is 32.1. The minimum absolute atomic E-state index is 0.0900. The Kier molecular flexibility index (Phi) is 4.52. The van der Waals surface area contributed by atoms with Crippen molar-refractivity contribution in [2.45, 2.75) is 39.0 Å². The maximum absolute atomic E-state index is 12.3. The van der Waals surface area contributed by atoms with Gasteiger partial charge in [0.05, 0.1) is 0 Å². The van der Waals surface area contributed by atoms with Crippen LogP contribution in [0.5, 0.6) is 0 Å². The number of nitrogen functional groups attached to an aromatic ring is 1. The van der Waals surface area contributed by atoms with Gasteiger partial charge in [0.2, 0.25) is 0 Å². The summed E-state index contributed by atoms with van der Waals surface area (Å²) in [6, 6.07) is 0. The van der Waals surface area contributed by atoms with Gasteiger partial charge in [-0.15, -0.1) is 0 Å². The van der Waals surface area contributed by atoms with Crippen molar-refractivity contribution in [1.29, 1.82) is 0 Å². The van der Waals surface area contributed by atoms with Crippen LogP contribution in [0.15, 0.2) is 0 Å². The van der Waals surface area contributed by atoms with Crippen LogP contribution < -0.4 is 16.0 Å². The largest absolute Gasteiger partial charge is 0.382 e. The van der Waals surface area contributed by atoms with Gasteiger partial charge in [-0.05, 0) is 24.7 Å². The van der Waals surface area contributed by atoms with Gasteiger partial charge in [0, 0.05) is 20.6 Å². The average molecular weight is 296 g/mol. The highest BCUT2D eigenvalue weighted by Crippen LogP contribution is 2.40. The molecular weight excluding hydrogens is 272 g/mol. The van der Waals surface area contributed by atoms with Gasteiger partial charge in [-0.1, -0.05) is 31.1 Å². The lowest BCUT2D eigenvalue weighted by Crippen LogP contribution is -2.35. The highest BCUT2D eigenvalue weighted by Gasteiger charge is 2.32. The molecule has 0 radical (unpaired) electrons. The fraction of sp³-hybridized carbons (Fsp3) is 0.714. The van der Waals surface area contributed by atoms with E-state index in [0.29, 0.717) is 16.1 Å². The second-order valence-corrected chi connectivity index (χ2v) is 6.83. The molecule has 5 nitrogen and oxygen atoms in total. The lowest BCUT2D eigenvalue weighted by Gasteiger charge is -2.27. The maximum atomic E-state index is 12.3. The van der Waals surface area contributed by atoms with Crippen molar-refractivity contribution < 1.29 is 4.79 Å². The minimum atomic E-state index is -0.0900. The molecule has 20 heavy (non-hydrogen) atoms. The Morgan fingerprint density at radius 2 is 2.10 bits per heavy atom. The Morgan fingerprint density at radius 1 is 1.45 bits per heavy atom. The second-order valence-electron chi connectivity index (χ2n) is 5.85. The van der Waals surface area contributed by atoms with Gasteiger partial charge in [-0.3, -0.25) is 4.79 Å². The molecule has 1 amide bonds. The van der Waals surface area contributed by atoms with Crippen LogP contribution >= 0.6 is 11.3 Å². The molecule has 1 aromatic heterocycles. The highest BCUT2D eigenvalue weighted by molar-refractivity contribution is 7.18. The Labute approximate surface area is 124 Å². The third-order valence-electron chi connectivity index (χ3n) is 4.27. The number of carbonyl (C=O) groups excluding carboxylic acids is 1. The number of nitrogens with zero attached hydrogens (tertiary/aromatic N) is 2. The molecule has 2 rings (SSSR count). The van der Waals surface area contributed by atoms with E-state index in [1.165, 1.54) is 37.0 Å². The van der Waals surface area contributed by atoms with E-state index in [0.717, 1.165) is 18.1 Å². The summed E-state index contributed by atoms with van der Waals surface area (Å²) in [6.07, 6.45) is 6.10. The zero-order valence-corrected chi connectivity index (χ0v) is 13.3. The predicted octanol–water partition coefficient (Wildman–Crippen LogP) is 2.49. The van der Waals surface area contributed by atoms with Gasteiger partial charge >= 0.3 is 0 Å². The van der Waals surface area contributed by atoms with Crippen LogP contribution in [0.3, 0.4) is 0 Å². The summed E-state index contributed by atoms with van der Waals surface area (Å²) in [5.74, 6) is 0.237. The molecule has 0 aromatic carbocycles. The van der Waals surface area contributed by atoms with E-state index in [-0.39, 0.29) is 5.91 Å². The van der Waals surface area contributed by atoms with Gasteiger partial charge in [-0.2, -0.15) is 0 Å². The first kappa shape index (κ1) is 15.1. The monoisotopic (exact) mass is 296 g/mol. The van der Waals surface area contributed by atoms with Crippen molar-refractivity contribution in [3.63, 3.8) is 0 Å². The van der Waals surface area contributed by atoms with Crippen LogP contribution in [0.25, 0.3) is 0 Å². The molecule has 1 heterocycles. The molecule has 3 N–H and O–H groups in total. The average Bonchev–Trinajstić information content (AvgIpc) is 3.03. The van der Waals surface area contributed by atoms with Crippen molar-refractivity contribution in [3.8, 4) is 0 Å². The zero-order valence-electron chi connectivity index (χ0n) is 12.5. The fourth-order valence-electron chi connectivity index (χ4n) is 2.80. The van der Waals surface area contributed by atoms with E-state index >= 15 is 0 Å². The maximum Gasteiger partial charge on any atom is 0.265 e. The predicted molar refractivity (Wildman–Crippen MR) is 84.4 cm³/mol. The van der Waals surface area contributed by atoms with Crippen molar-refractivity contribution in [2.24, 2.45) is 5.41 Å². The van der Waals surface area contributed by atoms with Crippen molar-refractivity contribution >= 4 is 28.2 Å². The van der Waals surface area contributed by atoms with Crippen LogP contribution in [0.4, 0.5) is 10.9 Å². The molecule has 0 saturated heterocycles. The summed E-state index contributed by atoms with van der Waals surface area (Å²) >= 11 is 1.34. The van der Waals surface area contributed by atoms with Gasteiger partial charge in [0.25, 0.3) is 5.91 Å². The molecule has 1 aromatic rings. The molecule has 1 aliphatic rings. The number of aromatic nitrogens is 1. The number of nitrogens with one attached hydrogen (secondary N) is 1. The number of amides is 1. The summed E-state index contributed by atoms with van der Waals surface area (Å²) in [4.78, 5) is 18.9. The van der Waals surface area contributed by atoms with Gasteiger partial charge in [0.1, 0.15) is 10.7 Å². The Hall–Kier alpha value is -1.30. The molecule has 0 spiro atoms. The molecule has 0 unspecified atom stereocenters. The van der Waals surface area contributed by atoms with E-state index < -0.39 is 0 Å². The molecule has 0 bridgehead atoms. The van der Waals surface area contributed by atoms with Crippen molar-refractivity contribution in [2.75, 3.05) is 31.3 Å². The number of nitrogens with two attached hydrogens (primary N) is 1. The lowest BCUT2D eigenvalue weighted by molar-refractivity contribution is 0.0933. The molecule has 1 saturated carbocycles. The minimum Gasteiger partial charge on any atom is -0.382 e. The van der Waals surface area contributed by atoms with Crippen LogP contribution in [-0.2, 0) is 0 Å².